The highest BCUT2D eigenvalue weighted by molar-refractivity contribution is 6.31. The maximum absolute atomic E-state index is 12.8. The predicted molar refractivity (Wildman–Crippen MR) is 105 cm³/mol. The minimum Gasteiger partial charge on any atom is -0.471 e. The van der Waals surface area contributed by atoms with Crippen LogP contribution in [0.4, 0.5) is 11.4 Å². The molecule has 1 unspecified atom stereocenters. The summed E-state index contributed by atoms with van der Waals surface area (Å²) in [6.07, 6.45) is 0.0367. The third kappa shape index (κ3) is 3.97. The minimum absolute atomic E-state index is 0.0911. The molecule has 1 aliphatic heterocycles. The van der Waals surface area contributed by atoms with Crippen molar-refractivity contribution in [2.24, 2.45) is 0 Å². The predicted octanol–water partition coefficient (Wildman–Crippen LogP) is 2.00. The molecule has 1 aliphatic rings. The number of nitro benzene ring substituents is 1. The third-order valence-electron chi connectivity index (χ3n) is 4.25. The lowest BCUT2D eigenvalue weighted by molar-refractivity contribution is -0.386. The normalized spacial score (nSPS) is 15.7. The summed E-state index contributed by atoms with van der Waals surface area (Å²) < 4.78 is 10.0. The van der Waals surface area contributed by atoms with Crippen LogP contribution in [0.1, 0.15) is 12.5 Å². The highest BCUT2D eigenvalue weighted by atomic mass is 16.6. The average Bonchev–Trinajstić information content (AvgIpc) is 3.02. The zero-order valence-electron chi connectivity index (χ0n) is 16.0. The summed E-state index contributed by atoms with van der Waals surface area (Å²) in [5.41, 5.74) is 2.32. The Morgan fingerprint density at radius 2 is 1.87 bits per heavy atom. The Hall–Kier alpha value is -4.21. The average molecular weight is 411 g/mol. The van der Waals surface area contributed by atoms with Gasteiger partial charge in [0.15, 0.2) is 6.10 Å². The van der Waals surface area contributed by atoms with Gasteiger partial charge < -0.3 is 9.47 Å². The fourth-order valence-corrected chi connectivity index (χ4v) is 2.79. The number of carbonyl (C=O) groups is 3. The van der Waals surface area contributed by atoms with E-state index >= 15 is 0 Å². The zero-order valence-corrected chi connectivity index (χ0v) is 16.0. The lowest BCUT2D eigenvalue weighted by Crippen LogP contribution is -2.35. The molecule has 10 heteroatoms. The summed E-state index contributed by atoms with van der Waals surface area (Å²) in [7, 11) is 1.16. The number of amides is 2. The van der Waals surface area contributed by atoms with Gasteiger partial charge >= 0.3 is 11.7 Å². The summed E-state index contributed by atoms with van der Waals surface area (Å²) in [5.74, 6) is -2.31. The number of nitrogens with zero attached hydrogens (tertiary/aromatic N) is 2. The van der Waals surface area contributed by atoms with Crippen LogP contribution in [-0.4, -0.2) is 35.9 Å². The lowest BCUT2D eigenvalue weighted by Gasteiger charge is -2.15. The van der Waals surface area contributed by atoms with E-state index in [1.54, 1.807) is 30.3 Å². The highest BCUT2D eigenvalue weighted by Gasteiger charge is 2.35. The number of hydrogen-bond acceptors (Lipinski definition) is 7. The van der Waals surface area contributed by atoms with Crippen molar-refractivity contribution in [1.82, 2.24) is 5.43 Å². The Balaban J connectivity index is 2.03. The molecule has 0 radical (unpaired) electrons. The molecule has 0 aliphatic carbocycles. The van der Waals surface area contributed by atoms with Crippen LogP contribution in [0.25, 0.3) is 6.08 Å². The van der Waals surface area contributed by atoms with Gasteiger partial charge in [0.2, 0.25) is 5.75 Å². The Labute approximate surface area is 170 Å². The van der Waals surface area contributed by atoms with E-state index in [1.807, 2.05) is 0 Å². The van der Waals surface area contributed by atoms with E-state index in [0.29, 0.717) is 5.69 Å². The van der Waals surface area contributed by atoms with Gasteiger partial charge in [-0.05, 0) is 25.1 Å². The van der Waals surface area contributed by atoms with Crippen molar-refractivity contribution in [3.63, 3.8) is 0 Å². The van der Waals surface area contributed by atoms with Crippen LogP contribution >= 0.6 is 0 Å². The number of esters is 1. The molecule has 0 spiro atoms. The fourth-order valence-electron chi connectivity index (χ4n) is 2.79. The molecule has 10 nitrogen and oxygen atoms in total. The summed E-state index contributed by atoms with van der Waals surface area (Å²) >= 11 is 0. The van der Waals surface area contributed by atoms with Crippen LogP contribution in [0.15, 0.2) is 54.1 Å². The second-order valence-corrected chi connectivity index (χ2v) is 6.21. The molecular weight excluding hydrogens is 394 g/mol. The number of nitro groups is 1. The first-order valence-electron chi connectivity index (χ1n) is 8.77. The van der Waals surface area contributed by atoms with Gasteiger partial charge in [-0.25, -0.2) is 9.80 Å². The van der Waals surface area contributed by atoms with Gasteiger partial charge in [0, 0.05) is 11.6 Å². The van der Waals surface area contributed by atoms with Crippen molar-refractivity contribution in [3.05, 3.63) is 69.8 Å². The van der Waals surface area contributed by atoms with E-state index in [4.69, 9.17) is 4.74 Å². The van der Waals surface area contributed by atoms with Crippen molar-refractivity contribution in [1.29, 1.82) is 0 Å². The largest absolute Gasteiger partial charge is 0.471 e. The Morgan fingerprint density at radius 3 is 2.50 bits per heavy atom. The number of hydrogen-bond donors (Lipinski definition) is 1. The first-order chi connectivity index (χ1) is 14.3. The molecule has 3 rings (SSSR count). The van der Waals surface area contributed by atoms with Gasteiger partial charge in [-0.1, -0.05) is 30.3 Å². The van der Waals surface area contributed by atoms with Crippen LogP contribution in [-0.2, 0) is 19.1 Å². The first kappa shape index (κ1) is 20.5. The van der Waals surface area contributed by atoms with E-state index in [2.05, 4.69) is 10.2 Å². The molecule has 154 valence electrons. The summed E-state index contributed by atoms with van der Waals surface area (Å²) in [5, 5.41) is 12.5. The number of anilines is 1. The fraction of sp³-hybridized carbons (Fsp3) is 0.150. The SMILES string of the molecule is COC(=O)C(C)Oc1c(C=C2C(=O)NN(c3ccccc3)C2=O)cccc1[N+](=O)[O-]. The smallest absolute Gasteiger partial charge is 0.346 e. The number of carbonyl (C=O) groups excluding carboxylic acids is 3. The maximum Gasteiger partial charge on any atom is 0.346 e. The number of rotatable bonds is 6. The molecule has 2 aromatic carbocycles. The number of ether oxygens (including phenoxy) is 2. The van der Waals surface area contributed by atoms with Gasteiger partial charge in [0.05, 0.1) is 17.7 Å². The topological polar surface area (TPSA) is 128 Å². The van der Waals surface area contributed by atoms with Gasteiger partial charge in [0.25, 0.3) is 11.8 Å². The second-order valence-electron chi connectivity index (χ2n) is 6.21. The number of hydrazine groups is 1. The van der Waals surface area contributed by atoms with Gasteiger partial charge in [-0.2, -0.15) is 0 Å². The Kier molecular flexibility index (Phi) is 5.77. The van der Waals surface area contributed by atoms with Gasteiger partial charge in [-0.3, -0.25) is 25.1 Å². The lowest BCUT2D eigenvalue weighted by atomic mass is 10.1. The van der Waals surface area contributed by atoms with Crippen molar-refractivity contribution in [2.75, 3.05) is 12.1 Å². The Morgan fingerprint density at radius 1 is 1.17 bits per heavy atom. The van der Waals surface area contributed by atoms with E-state index in [9.17, 15) is 24.5 Å². The van der Waals surface area contributed by atoms with Crippen LogP contribution in [0.5, 0.6) is 5.75 Å². The molecule has 0 bridgehead atoms. The summed E-state index contributed by atoms with van der Waals surface area (Å²) in [6, 6.07) is 12.5. The molecule has 0 aromatic heterocycles. The van der Waals surface area contributed by atoms with Gasteiger partial charge in [0.1, 0.15) is 5.57 Å². The van der Waals surface area contributed by atoms with E-state index < -0.39 is 34.5 Å². The van der Waals surface area contributed by atoms with Crippen LogP contribution in [0.2, 0.25) is 0 Å². The molecule has 2 aromatic rings. The van der Waals surface area contributed by atoms with Gasteiger partial charge in [-0.15, -0.1) is 0 Å². The maximum atomic E-state index is 12.8. The van der Waals surface area contributed by atoms with E-state index in [1.165, 1.54) is 31.2 Å². The van der Waals surface area contributed by atoms with Crippen molar-refractivity contribution < 1.29 is 28.8 Å². The molecule has 0 saturated carbocycles. The molecule has 1 atom stereocenters. The third-order valence-corrected chi connectivity index (χ3v) is 4.25. The number of nitrogens with one attached hydrogen (secondary N) is 1. The highest BCUT2D eigenvalue weighted by Crippen LogP contribution is 2.34. The van der Waals surface area contributed by atoms with Crippen LogP contribution in [0.3, 0.4) is 0 Å². The minimum atomic E-state index is -1.15. The van der Waals surface area contributed by atoms with E-state index in [0.717, 1.165) is 12.1 Å². The number of methoxy groups -OCH3 is 1. The molecule has 1 heterocycles. The quantitative estimate of drug-likeness (QED) is 0.253. The summed E-state index contributed by atoms with van der Waals surface area (Å²) in [6.45, 7) is 1.37. The summed E-state index contributed by atoms with van der Waals surface area (Å²) in [4.78, 5) is 47.6. The van der Waals surface area contributed by atoms with Crippen molar-refractivity contribution in [2.45, 2.75) is 13.0 Å². The number of para-hydroxylation sites is 2. The second kappa shape index (κ2) is 8.43. The van der Waals surface area contributed by atoms with Crippen LogP contribution < -0.4 is 15.2 Å². The van der Waals surface area contributed by atoms with Crippen LogP contribution in [0, 0.1) is 10.1 Å². The molecule has 1 fully saturated rings. The Bertz CT molecular complexity index is 1050. The molecule has 1 N–H and O–H groups in total. The molecule has 1 saturated heterocycles. The number of benzene rings is 2. The molecular formula is C20H17N3O7. The van der Waals surface area contributed by atoms with E-state index in [-0.39, 0.29) is 16.9 Å². The monoisotopic (exact) mass is 411 g/mol. The molecule has 30 heavy (non-hydrogen) atoms. The van der Waals surface area contributed by atoms with Crippen molar-refractivity contribution >= 4 is 35.2 Å². The molecule has 2 amide bonds. The van der Waals surface area contributed by atoms with Crippen molar-refractivity contribution in [3.8, 4) is 5.75 Å². The zero-order chi connectivity index (χ0) is 21.8. The first-order valence-corrected chi connectivity index (χ1v) is 8.77. The standard InChI is InChI=1S/C20H17N3O7/c1-12(20(26)29-2)30-17-13(7-6-10-16(17)23(27)28)11-15-18(24)21-22(19(15)25)14-8-4-3-5-9-14/h3-12H,1-2H3,(H,21,24).